The van der Waals surface area contributed by atoms with Gasteiger partial charge in [-0.25, -0.2) is 0 Å². The summed E-state index contributed by atoms with van der Waals surface area (Å²) in [6.07, 6.45) is 0. The molecule has 174 valence electrons. The van der Waals surface area contributed by atoms with Crippen molar-refractivity contribution in [1.29, 1.82) is 0 Å². The average Bonchev–Trinajstić information content (AvgIpc) is 3.53. The zero-order chi connectivity index (χ0) is 23.5. The largest absolute Gasteiger partial charge is 0.486 e. The minimum absolute atomic E-state index is 0.0499. The lowest BCUT2D eigenvalue weighted by atomic mass is 10.1. The van der Waals surface area contributed by atoms with Crippen LogP contribution in [0.4, 0.5) is 5.69 Å². The van der Waals surface area contributed by atoms with Gasteiger partial charge in [-0.2, -0.15) is 4.68 Å². The van der Waals surface area contributed by atoms with Crippen molar-refractivity contribution in [2.45, 2.75) is 25.5 Å². The van der Waals surface area contributed by atoms with Crippen LogP contribution in [0.2, 0.25) is 0 Å². The van der Waals surface area contributed by atoms with Crippen LogP contribution in [0.1, 0.15) is 16.0 Å². The molecule has 4 aromatic rings. The lowest BCUT2D eigenvalue weighted by Crippen LogP contribution is -2.32. The first-order valence-electron chi connectivity index (χ1n) is 10.8. The molecule has 0 N–H and O–H groups in total. The van der Waals surface area contributed by atoms with Crippen LogP contribution < -0.4 is 14.4 Å². The Kier molecular flexibility index (Phi) is 6.50. The highest BCUT2D eigenvalue weighted by atomic mass is 32.2. The summed E-state index contributed by atoms with van der Waals surface area (Å²) in [5.41, 5.74) is 3.83. The standard InChI is InChI=1S/C24H23N5O3S2/c1-16-5-3-6-17(2)23(16)29-24(25-26-27-29)34-15-22(30)28(14-19-7-4-12-33-19)18-8-9-20-21(13-18)32-11-10-31-20/h3-9,12-13H,10-11,14-15H2,1-2H3. The Morgan fingerprint density at radius 1 is 1.09 bits per heavy atom. The van der Waals surface area contributed by atoms with Crippen LogP contribution in [-0.2, 0) is 11.3 Å². The molecule has 0 spiro atoms. The highest BCUT2D eigenvalue weighted by Crippen LogP contribution is 2.35. The lowest BCUT2D eigenvalue weighted by molar-refractivity contribution is -0.116. The maximum atomic E-state index is 13.5. The Bertz CT molecular complexity index is 1290. The normalized spacial score (nSPS) is 12.5. The van der Waals surface area contributed by atoms with Gasteiger partial charge in [0, 0.05) is 16.6 Å². The first-order valence-corrected chi connectivity index (χ1v) is 12.7. The van der Waals surface area contributed by atoms with Gasteiger partial charge in [-0.15, -0.1) is 16.4 Å². The molecule has 2 aromatic carbocycles. The van der Waals surface area contributed by atoms with E-state index in [2.05, 4.69) is 15.5 Å². The Hall–Kier alpha value is -3.37. The second-order valence-electron chi connectivity index (χ2n) is 7.79. The molecule has 1 amide bonds. The van der Waals surface area contributed by atoms with E-state index in [-0.39, 0.29) is 11.7 Å². The van der Waals surface area contributed by atoms with Gasteiger partial charge in [0.1, 0.15) is 13.2 Å². The number of nitrogens with zero attached hydrogens (tertiary/aromatic N) is 5. The highest BCUT2D eigenvalue weighted by Gasteiger charge is 2.22. The first-order chi connectivity index (χ1) is 16.6. The average molecular weight is 494 g/mol. The quantitative estimate of drug-likeness (QED) is 0.352. The number of fused-ring (bicyclic) bond motifs is 1. The van der Waals surface area contributed by atoms with E-state index >= 15 is 0 Å². The number of aryl methyl sites for hydroxylation is 2. The van der Waals surface area contributed by atoms with Gasteiger partial charge in [0.25, 0.3) is 0 Å². The summed E-state index contributed by atoms with van der Waals surface area (Å²) in [6, 6.07) is 15.7. The van der Waals surface area contributed by atoms with E-state index in [0.717, 1.165) is 27.4 Å². The Balaban J connectivity index is 1.39. The zero-order valence-corrected chi connectivity index (χ0v) is 20.4. The van der Waals surface area contributed by atoms with Crippen molar-refractivity contribution in [3.8, 4) is 17.2 Å². The number of hydrogen-bond acceptors (Lipinski definition) is 8. The van der Waals surface area contributed by atoms with Crippen molar-refractivity contribution in [1.82, 2.24) is 20.2 Å². The van der Waals surface area contributed by atoms with Gasteiger partial charge in [-0.05, 0) is 59.0 Å². The van der Waals surface area contributed by atoms with Crippen LogP contribution in [0.25, 0.3) is 5.69 Å². The summed E-state index contributed by atoms with van der Waals surface area (Å²) in [5.74, 6) is 1.48. The van der Waals surface area contributed by atoms with Crippen LogP contribution >= 0.6 is 23.1 Å². The maximum absolute atomic E-state index is 13.5. The molecule has 34 heavy (non-hydrogen) atoms. The van der Waals surface area contributed by atoms with Crippen molar-refractivity contribution in [3.63, 3.8) is 0 Å². The molecule has 5 rings (SSSR count). The second kappa shape index (κ2) is 9.86. The van der Waals surface area contributed by atoms with Gasteiger partial charge in [0.15, 0.2) is 11.5 Å². The minimum atomic E-state index is -0.0499. The predicted molar refractivity (Wildman–Crippen MR) is 132 cm³/mol. The predicted octanol–water partition coefficient (Wildman–Crippen LogP) is 4.44. The van der Waals surface area contributed by atoms with E-state index in [4.69, 9.17) is 9.47 Å². The molecule has 1 aliphatic heterocycles. The number of anilines is 1. The van der Waals surface area contributed by atoms with Gasteiger partial charge in [0.05, 0.1) is 18.0 Å². The number of hydrogen-bond donors (Lipinski definition) is 0. The number of ether oxygens (including phenoxy) is 2. The third kappa shape index (κ3) is 4.64. The van der Waals surface area contributed by atoms with E-state index in [0.29, 0.717) is 36.4 Å². The molecule has 0 aliphatic carbocycles. The number of amides is 1. The highest BCUT2D eigenvalue weighted by molar-refractivity contribution is 7.99. The number of thiophene rings is 1. The molecule has 10 heteroatoms. The number of carbonyl (C=O) groups excluding carboxylic acids is 1. The third-order valence-electron chi connectivity index (χ3n) is 5.45. The Morgan fingerprint density at radius 3 is 2.65 bits per heavy atom. The van der Waals surface area contributed by atoms with Crippen molar-refractivity contribution >= 4 is 34.7 Å². The van der Waals surface area contributed by atoms with E-state index in [9.17, 15) is 4.79 Å². The topological polar surface area (TPSA) is 82.4 Å². The van der Waals surface area contributed by atoms with Gasteiger partial charge in [-0.1, -0.05) is 36.0 Å². The summed E-state index contributed by atoms with van der Waals surface area (Å²) in [6.45, 7) is 5.53. The molecule has 2 aromatic heterocycles. The fourth-order valence-corrected chi connectivity index (χ4v) is 5.28. The van der Waals surface area contributed by atoms with Crippen molar-refractivity contribution < 1.29 is 14.3 Å². The fourth-order valence-electron chi connectivity index (χ4n) is 3.83. The summed E-state index contributed by atoms with van der Waals surface area (Å²) >= 11 is 2.94. The van der Waals surface area contributed by atoms with Gasteiger partial charge < -0.3 is 14.4 Å². The molecule has 8 nitrogen and oxygen atoms in total. The molecule has 1 aliphatic rings. The molecule has 0 atom stereocenters. The molecule has 0 bridgehead atoms. The number of tetrazole rings is 1. The summed E-state index contributed by atoms with van der Waals surface area (Å²) in [5, 5.41) is 14.8. The molecular formula is C24H23N5O3S2. The zero-order valence-electron chi connectivity index (χ0n) is 18.8. The Labute approximate surface area is 205 Å². The summed E-state index contributed by atoms with van der Waals surface area (Å²) < 4.78 is 13.1. The van der Waals surface area contributed by atoms with Crippen molar-refractivity contribution in [2.24, 2.45) is 0 Å². The monoisotopic (exact) mass is 493 g/mol. The first kappa shape index (κ1) is 22.4. The fraction of sp³-hybridized carbons (Fsp3) is 0.250. The summed E-state index contributed by atoms with van der Waals surface area (Å²) in [4.78, 5) is 16.3. The number of rotatable bonds is 7. The van der Waals surface area contributed by atoms with Crippen LogP contribution in [0.15, 0.2) is 59.1 Å². The molecule has 0 saturated heterocycles. The molecule has 0 saturated carbocycles. The van der Waals surface area contributed by atoms with Crippen molar-refractivity contribution in [3.05, 3.63) is 69.9 Å². The number of carbonyl (C=O) groups is 1. The van der Waals surface area contributed by atoms with Crippen LogP contribution in [-0.4, -0.2) is 45.1 Å². The van der Waals surface area contributed by atoms with Gasteiger partial charge in [-0.3, -0.25) is 4.79 Å². The minimum Gasteiger partial charge on any atom is -0.486 e. The van der Waals surface area contributed by atoms with Gasteiger partial charge in [0.2, 0.25) is 11.1 Å². The van der Waals surface area contributed by atoms with E-state index < -0.39 is 0 Å². The maximum Gasteiger partial charge on any atom is 0.237 e. The lowest BCUT2D eigenvalue weighted by Gasteiger charge is -2.25. The molecule has 0 unspecified atom stereocenters. The van der Waals surface area contributed by atoms with Crippen molar-refractivity contribution in [2.75, 3.05) is 23.9 Å². The molecular weight excluding hydrogens is 470 g/mol. The number of para-hydroxylation sites is 1. The third-order valence-corrected chi connectivity index (χ3v) is 7.21. The Morgan fingerprint density at radius 2 is 1.88 bits per heavy atom. The van der Waals surface area contributed by atoms with Crippen LogP contribution in [0.3, 0.4) is 0 Å². The summed E-state index contributed by atoms with van der Waals surface area (Å²) in [7, 11) is 0. The second-order valence-corrected chi connectivity index (χ2v) is 9.76. The molecule has 3 heterocycles. The number of aromatic nitrogens is 4. The van der Waals surface area contributed by atoms with Crippen LogP contribution in [0.5, 0.6) is 11.5 Å². The molecule has 0 radical (unpaired) electrons. The molecule has 0 fully saturated rings. The van der Waals surface area contributed by atoms with Gasteiger partial charge >= 0.3 is 0 Å². The van der Waals surface area contributed by atoms with E-state index in [1.54, 1.807) is 20.9 Å². The van der Waals surface area contributed by atoms with E-state index in [1.807, 2.05) is 67.8 Å². The SMILES string of the molecule is Cc1cccc(C)c1-n1nnnc1SCC(=O)N(Cc1cccs1)c1ccc2c(c1)OCCO2. The number of benzene rings is 2. The van der Waals surface area contributed by atoms with Crippen LogP contribution in [0, 0.1) is 13.8 Å². The van der Waals surface area contributed by atoms with E-state index in [1.165, 1.54) is 11.8 Å². The number of thioether (sulfide) groups is 1. The smallest absolute Gasteiger partial charge is 0.237 e.